The van der Waals surface area contributed by atoms with Crippen LogP contribution in [0, 0.1) is 0 Å². The van der Waals surface area contributed by atoms with Gasteiger partial charge in [-0.05, 0) is 0 Å². The van der Waals surface area contributed by atoms with Crippen LogP contribution >= 0.6 is 0 Å². The predicted molar refractivity (Wildman–Crippen MR) is 41.4 cm³/mol. The highest BCUT2D eigenvalue weighted by Crippen LogP contribution is 2.16. The fourth-order valence-corrected chi connectivity index (χ4v) is 0.512. The molecule has 0 rings (SSSR count). The third kappa shape index (κ3) is 6.87. The van der Waals surface area contributed by atoms with E-state index in [4.69, 9.17) is 5.11 Å². The second-order valence-electron chi connectivity index (χ2n) is 2.30. The first-order valence-electron chi connectivity index (χ1n) is 4.02. The van der Waals surface area contributed by atoms with Crippen molar-refractivity contribution in [3.8, 4) is 0 Å². The number of alkyl halides is 3. The molecule has 0 heterocycles. The number of carbonyl (C=O) groups is 2. The Hall–Kier alpha value is -1.51. The molecule has 9 heteroatoms. The summed E-state index contributed by atoms with van der Waals surface area (Å²) < 4.78 is 46.8. The van der Waals surface area contributed by atoms with E-state index in [2.05, 4.69) is 14.2 Å². The van der Waals surface area contributed by atoms with Crippen LogP contribution in [-0.2, 0) is 19.0 Å². The molecule has 0 aromatic rings. The Kier molecular flexibility index (Phi) is 6.23. The summed E-state index contributed by atoms with van der Waals surface area (Å²) in [6.45, 7) is -1.99. The fourth-order valence-electron chi connectivity index (χ4n) is 0.512. The van der Waals surface area contributed by atoms with Gasteiger partial charge in [0.25, 0.3) is 0 Å². The molecule has 0 unspecified atom stereocenters. The molecule has 0 aromatic carbocycles. The highest BCUT2D eigenvalue weighted by Gasteiger charge is 2.40. The van der Waals surface area contributed by atoms with Crippen LogP contribution < -0.4 is 0 Å². The molecule has 16 heavy (non-hydrogen) atoms. The summed E-state index contributed by atoms with van der Waals surface area (Å²) >= 11 is 0. The van der Waals surface area contributed by atoms with E-state index in [-0.39, 0.29) is 6.61 Å². The summed E-state index contributed by atoms with van der Waals surface area (Å²) in [7, 11) is 0. The molecule has 0 amide bonds. The molecule has 6 nitrogen and oxygen atoms in total. The monoisotopic (exact) mass is 246 g/mol. The molecule has 0 atom stereocenters. The van der Waals surface area contributed by atoms with E-state index < -0.39 is 38.1 Å². The molecule has 0 radical (unpaired) electrons. The number of hydrogen-bond donors (Lipinski definition) is 1. The maximum absolute atomic E-state index is 11.6. The van der Waals surface area contributed by atoms with Crippen LogP contribution in [0.3, 0.4) is 0 Å². The van der Waals surface area contributed by atoms with Gasteiger partial charge in [-0.25, -0.2) is 9.59 Å². The van der Waals surface area contributed by atoms with E-state index in [0.717, 1.165) is 0 Å². The van der Waals surface area contributed by atoms with Crippen molar-refractivity contribution >= 4 is 12.1 Å². The van der Waals surface area contributed by atoms with Gasteiger partial charge < -0.3 is 19.3 Å². The lowest BCUT2D eigenvalue weighted by Gasteiger charge is -2.07. The average Bonchev–Trinajstić information content (AvgIpc) is 2.19. The zero-order valence-corrected chi connectivity index (χ0v) is 7.95. The molecule has 1 N–H and O–H groups in total. The number of rotatable bonds is 5. The van der Waals surface area contributed by atoms with Crippen LogP contribution in [0.2, 0.25) is 0 Å². The zero-order chi connectivity index (χ0) is 12.6. The standard InChI is InChI=1S/C7H9F3O6/c8-7(9,10)5(12)14-3-4-16-6(13)15-2-1-11/h11H,1-4H2. The van der Waals surface area contributed by atoms with Crippen LogP contribution in [0.25, 0.3) is 0 Å². The number of hydrogen-bond acceptors (Lipinski definition) is 6. The SMILES string of the molecule is O=C(OCCO)OCCOC(=O)C(F)(F)F. The summed E-state index contributed by atoms with van der Waals surface area (Å²) in [6.07, 6.45) is -6.24. The minimum absolute atomic E-state index is 0.291. The van der Waals surface area contributed by atoms with Crippen LogP contribution in [0.4, 0.5) is 18.0 Å². The van der Waals surface area contributed by atoms with Gasteiger partial charge in [0.15, 0.2) is 0 Å². The van der Waals surface area contributed by atoms with Crippen molar-refractivity contribution < 1.29 is 42.1 Å². The first-order chi connectivity index (χ1) is 7.38. The van der Waals surface area contributed by atoms with Gasteiger partial charge >= 0.3 is 18.3 Å². The summed E-state index contributed by atoms with van der Waals surface area (Å²) in [5.41, 5.74) is 0. The van der Waals surface area contributed by atoms with Gasteiger partial charge in [-0.1, -0.05) is 0 Å². The number of aliphatic hydroxyl groups excluding tert-OH is 1. The Morgan fingerprint density at radius 3 is 2.00 bits per heavy atom. The number of esters is 1. The Bertz CT molecular complexity index is 239. The van der Waals surface area contributed by atoms with E-state index in [9.17, 15) is 22.8 Å². The summed E-state index contributed by atoms with van der Waals surface area (Å²) in [5.74, 6) is -2.36. The molecule has 0 bridgehead atoms. The van der Waals surface area contributed by atoms with E-state index in [1.807, 2.05) is 0 Å². The molecule has 0 aliphatic carbocycles. The fraction of sp³-hybridized carbons (Fsp3) is 0.714. The smallest absolute Gasteiger partial charge is 0.455 e. The van der Waals surface area contributed by atoms with Crippen molar-refractivity contribution in [1.29, 1.82) is 0 Å². The van der Waals surface area contributed by atoms with Crippen molar-refractivity contribution in [3.63, 3.8) is 0 Å². The second-order valence-corrected chi connectivity index (χ2v) is 2.30. The molecule has 0 aromatic heterocycles. The Morgan fingerprint density at radius 1 is 1.00 bits per heavy atom. The Labute approximate surface area is 87.9 Å². The molecule has 0 saturated heterocycles. The van der Waals surface area contributed by atoms with Gasteiger partial charge in [-0.15, -0.1) is 0 Å². The van der Waals surface area contributed by atoms with Gasteiger partial charge in [0.05, 0.1) is 6.61 Å². The predicted octanol–water partition coefficient (Wildman–Crippen LogP) is 0.237. The number of carbonyl (C=O) groups excluding carboxylic acids is 2. The van der Waals surface area contributed by atoms with E-state index in [1.54, 1.807) is 0 Å². The normalized spacial score (nSPS) is 10.8. The molecular weight excluding hydrogens is 237 g/mol. The lowest BCUT2D eigenvalue weighted by Crippen LogP contribution is -2.27. The van der Waals surface area contributed by atoms with Gasteiger partial charge in [-0.3, -0.25) is 0 Å². The van der Waals surface area contributed by atoms with Crippen molar-refractivity contribution in [2.45, 2.75) is 6.18 Å². The zero-order valence-electron chi connectivity index (χ0n) is 7.95. The van der Waals surface area contributed by atoms with Crippen molar-refractivity contribution in [2.75, 3.05) is 26.4 Å². The van der Waals surface area contributed by atoms with Crippen molar-refractivity contribution in [2.24, 2.45) is 0 Å². The first kappa shape index (κ1) is 14.5. The minimum atomic E-state index is -5.07. The lowest BCUT2D eigenvalue weighted by atomic mass is 10.6. The molecule has 0 spiro atoms. The quantitative estimate of drug-likeness (QED) is 0.552. The third-order valence-corrected chi connectivity index (χ3v) is 1.08. The molecular formula is C7H9F3O6. The van der Waals surface area contributed by atoms with Crippen LogP contribution in [-0.4, -0.2) is 49.8 Å². The molecule has 94 valence electrons. The Morgan fingerprint density at radius 2 is 1.50 bits per heavy atom. The van der Waals surface area contributed by atoms with E-state index in [0.29, 0.717) is 0 Å². The third-order valence-electron chi connectivity index (χ3n) is 1.08. The number of aliphatic hydroxyl groups is 1. The minimum Gasteiger partial charge on any atom is -0.455 e. The first-order valence-corrected chi connectivity index (χ1v) is 4.02. The lowest BCUT2D eigenvalue weighted by molar-refractivity contribution is -0.200. The summed E-state index contributed by atoms with van der Waals surface area (Å²) in [4.78, 5) is 20.7. The highest BCUT2D eigenvalue weighted by molar-refractivity contribution is 5.75. The van der Waals surface area contributed by atoms with Gasteiger partial charge in [0, 0.05) is 0 Å². The largest absolute Gasteiger partial charge is 0.508 e. The molecule has 0 saturated carbocycles. The topological polar surface area (TPSA) is 82.1 Å². The van der Waals surface area contributed by atoms with Gasteiger partial charge in [0.1, 0.15) is 19.8 Å². The van der Waals surface area contributed by atoms with Crippen molar-refractivity contribution in [3.05, 3.63) is 0 Å². The maximum atomic E-state index is 11.6. The Balaban J connectivity index is 3.54. The molecule has 0 aliphatic heterocycles. The second kappa shape index (κ2) is 6.88. The van der Waals surface area contributed by atoms with Crippen LogP contribution in [0.1, 0.15) is 0 Å². The highest BCUT2D eigenvalue weighted by atomic mass is 19.4. The van der Waals surface area contributed by atoms with Crippen LogP contribution in [0.5, 0.6) is 0 Å². The van der Waals surface area contributed by atoms with Crippen molar-refractivity contribution in [1.82, 2.24) is 0 Å². The van der Waals surface area contributed by atoms with Crippen LogP contribution in [0.15, 0.2) is 0 Å². The molecule has 0 fully saturated rings. The van der Waals surface area contributed by atoms with E-state index in [1.165, 1.54) is 0 Å². The summed E-state index contributed by atoms with van der Waals surface area (Å²) in [5, 5.41) is 8.22. The number of ether oxygens (including phenoxy) is 3. The average molecular weight is 246 g/mol. The maximum Gasteiger partial charge on any atom is 0.508 e. The number of halogens is 3. The summed E-state index contributed by atoms with van der Waals surface area (Å²) in [6, 6.07) is 0. The molecule has 0 aliphatic rings. The van der Waals surface area contributed by atoms with E-state index >= 15 is 0 Å². The van der Waals surface area contributed by atoms with Gasteiger partial charge in [-0.2, -0.15) is 13.2 Å². The van der Waals surface area contributed by atoms with Gasteiger partial charge in [0.2, 0.25) is 0 Å².